The van der Waals surface area contributed by atoms with Crippen molar-refractivity contribution in [2.24, 2.45) is 0 Å². The van der Waals surface area contributed by atoms with Crippen LogP contribution in [0.4, 0.5) is 4.79 Å². The molecule has 2 saturated carbocycles. The summed E-state index contributed by atoms with van der Waals surface area (Å²) < 4.78 is 5.24. The summed E-state index contributed by atoms with van der Waals surface area (Å²) in [7, 11) is 1.62. The zero-order chi connectivity index (χ0) is 21.0. The van der Waals surface area contributed by atoms with Crippen LogP contribution in [0.15, 0.2) is 0 Å². The lowest BCUT2D eigenvalue weighted by atomic mass is 9.81. The topological polar surface area (TPSA) is 96.0 Å². The number of hydrogen-bond acceptors (Lipinski definition) is 5. The van der Waals surface area contributed by atoms with Crippen molar-refractivity contribution < 1.29 is 23.9 Å². The van der Waals surface area contributed by atoms with Gasteiger partial charge in [0.2, 0.25) is 0 Å². The number of rotatable bonds is 5. The van der Waals surface area contributed by atoms with Crippen molar-refractivity contribution in [2.45, 2.75) is 95.2 Å². The molecule has 2 aliphatic carbocycles. The number of likely N-dealkylation sites (N-methyl/N-ethyl adjacent to an activating group) is 1. The molecule has 0 bridgehead atoms. The van der Waals surface area contributed by atoms with Crippen LogP contribution in [-0.2, 0) is 19.1 Å². The number of nitrogens with one attached hydrogen (secondary N) is 1. The van der Waals surface area contributed by atoms with E-state index in [4.69, 9.17) is 4.74 Å². The molecule has 3 fully saturated rings. The Labute approximate surface area is 172 Å². The summed E-state index contributed by atoms with van der Waals surface area (Å²) in [6, 6.07) is -0.350. The third kappa shape index (κ3) is 4.56. The molecule has 8 nitrogen and oxygen atoms in total. The average molecular weight is 408 g/mol. The average Bonchev–Trinajstić information content (AvgIpc) is 2.92. The van der Waals surface area contributed by atoms with Gasteiger partial charge < -0.3 is 15.0 Å². The fourth-order valence-electron chi connectivity index (χ4n) is 4.83. The van der Waals surface area contributed by atoms with Crippen molar-refractivity contribution in [3.05, 3.63) is 0 Å². The van der Waals surface area contributed by atoms with Crippen LogP contribution >= 0.6 is 0 Å². The van der Waals surface area contributed by atoms with Gasteiger partial charge in [-0.15, -0.1) is 0 Å². The predicted octanol–water partition coefficient (Wildman–Crippen LogP) is 2.35. The molecule has 0 aromatic rings. The van der Waals surface area contributed by atoms with E-state index in [-0.39, 0.29) is 17.9 Å². The van der Waals surface area contributed by atoms with Gasteiger partial charge in [-0.1, -0.05) is 44.9 Å². The lowest BCUT2D eigenvalue weighted by Gasteiger charge is -2.35. The molecule has 8 heteroatoms. The standard InChI is InChI=1S/C21H33N3O5/c1-15(18(26)22-16-10-6-3-4-7-11-16)29-17(25)14-24-19(27)21(23(2)20(24)28)12-8-5-9-13-21/h15-16H,3-14H2,1-2H3,(H,22,26)/t15-/m1/s1. The third-order valence-corrected chi connectivity index (χ3v) is 6.65. The molecule has 162 valence electrons. The van der Waals surface area contributed by atoms with E-state index in [1.807, 2.05) is 0 Å². The number of nitrogens with zero attached hydrogens (tertiary/aromatic N) is 2. The van der Waals surface area contributed by atoms with Crippen LogP contribution in [0.25, 0.3) is 0 Å². The molecule has 1 saturated heterocycles. The monoisotopic (exact) mass is 407 g/mol. The van der Waals surface area contributed by atoms with E-state index in [0.29, 0.717) is 12.8 Å². The largest absolute Gasteiger partial charge is 0.451 e. The minimum absolute atomic E-state index is 0.118. The van der Waals surface area contributed by atoms with E-state index in [0.717, 1.165) is 49.8 Å². The van der Waals surface area contributed by atoms with Gasteiger partial charge in [0, 0.05) is 13.1 Å². The van der Waals surface area contributed by atoms with E-state index in [2.05, 4.69) is 5.32 Å². The predicted molar refractivity (Wildman–Crippen MR) is 106 cm³/mol. The Hall–Kier alpha value is -2.12. The van der Waals surface area contributed by atoms with Gasteiger partial charge in [0.05, 0.1) is 0 Å². The Bertz CT molecular complexity index is 651. The van der Waals surface area contributed by atoms with Crippen molar-refractivity contribution in [2.75, 3.05) is 13.6 Å². The molecule has 3 aliphatic rings. The SMILES string of the molecule is C[C@@H](OC(=O)CN1C(=O)N(C)C2(CCCCC2)C1=O)C(=O)NC1CCCCCC1. The first-order valence-corrected chi connectivity index (χ1v) is 10.9. The van der Waals surface area contributed by atoms with Crippen molar-refractivity contribution >= 4 is 23.8 Å². The summed E-state index contributed by atoms with van der Waals surface area (Å²) in [6.45, 7) is 1.07. The molecule has 0 unspecified atom stereocenters. The van der Waals surface area contributed by atoms with Gasteiger partial charge in [-0.25, -0.2) is 4.79 Å². The lowest BCUT2D eigenvalue weighted by molar-refractivity contribution is -0.157. The Morgan fingerprint density at radius 1 is 1.07 bits per heavy atom. The van der Waals surface area contributed by atoms with Crippen LogP contribution in [-0.4, -0.2) is 64.9 Å². The lowest BCUT2D eigenvalue weighted by Crippen LogP contribution is -2.49. The summed E-state index contributed by atoms with van der Waals surface area (Å²) in [5, 5.41) is 2.96. The molecule has 1 aliphatic heterocycles. The molecule has 1 atom stereocenters. The Morgan fingerprint density at radius 3 is 2.28 bits per heavy atom. The van der Waals surface area contributed by atoms with E-state index in [9.17, 15) is 19.2 Å². The van der Waals surface area contributed by atoms with E-state index >= 15 is 0 Å². The fraction of sp³-hybridized carbons (Fsp3) is 0.810. The van der Waals surface area contributed by atoms with Crippen LogP contribution in [0, 0.1) is 0 Å². The number of imide groups is 1. The van der Waals surface area contributed by atoms with Crippen molar-refractivity contribution in [1.29, 1.82) is 0 Å². The normalized spacial score (nSPS) is 23.8. The maximum absolute atomic E-state index is 12.9. The van der Waals surface area contributed by atoms with Gasteiger partial charge in [-0.05, 0) is 32.6 Å². The molecule has 1 spiro atoms. The smallest absolute Gasteiger partial charge is 0.327 e. The second-order valence-electron chi connectivity index (χ2n) is 8.65. The van der Waals surface area contributed by atoms with Gasteiger partial charge in [-0.2, -0.15) is 0 Å². The van der Waals surface area contributed by atoms with Crippen molar-refractivity contribution in [3.8, 4) is 0 Å². The van der Waals surface area contributed by atoms with Crippen LogP contribution in [0.5, 0.6) is 0 Å². The summed E-state index contributed by atoms with van der Waals surface area (Å²) in [5.74, 6) is -1.39. The van der Waals surface area contributed by atoms with Gasteiger partial charge in [-0.3, -0.25) is 19.3 Å². The zero-order valence-corrected chi connectivity index (χ0v) is 17.6. The first kappa shape index (κ1) is 21.6. The Kier molecular flexibility index (Phi) is 6.80. The fourth-order valence-corrected chi connectivity index (χ4v) is 4.83. The van der Waals surface area contributed by atoms with Crippen LogP contribution in [0.2, 0.25) is 0 Å². The molecule has 1 N–H and O–H groups in total. The molecular formula is C21H33N3O5. The third-order valence-electron chi connectivity index (χ3n) is 6.65. The summed E-state index contributed by atoms with van der Waals surface area (Å²) in [6.07, 6.45) is 9.55. The minimum Gasteiger partial charge on any atom is -0.451 e. The maximum Gasteiger partial charge on any atom is 0.327 e. The molecular weight excluding hydrogens is 374 g/mol. The van der Waals surface area contributed by atoms with E-state index < -0.39 is 30.2 Å². The minimum atomic E-state index is -0.958. The highest BCUT2D eigenvalue weighted by atomic mass is 16.5. The van der Waals surface area contributed by atoms with Crippen molar-refractivity contribution in [3.63, 3.8) is 0 Å². The number of amides is 4. The second kappa shape index (κ2) is 9.13. The van der Waals surface area contributed by atoms with E-state index in [1.165, 1.54) is 24.7 Å². The molecule has 1 heterocycles. The summed E-state index contributed by atoms with van der Waals surface area (Å²) in [4.78, 5) is 52.7. The highest BCUT2D eigenvalue weighted by Crippen LogP contribution is 2.39. The second-order valence-corrected chi connectivity index (χ2v) is 8.65. The Morgan fingerprint density at radius 2 is 1.66 bits per heavy atom. The Balaban J connectivity index is 1.53. The van der Waals surface area contributed by atoms with E-state index in [1.54, 1.807) is 7.05 Å². The number of urea groups is 1. The van der Waals surface area contributed by atoms with Gasteiger partial charge in [0.15, 0.2) is 6.10 Å². The molecule has 4 amide bonds. The first-order valence-electron chi connectivity index (χ1n) is 10.9. The molecule has 0 radical (unpaired) electrons. The molecule has 0 aromatic heterocycles. The van der Waals surface area contributed by atoms with Gasteiger partial charge in [0.1, 0.15) is 12.1 Å². The number of carbonyl (C=O) groups is 4. The number of esters is 1. The number of carbonyl (C=O) groups excluding carboxylic acids is 4. The van der Waals surface area contributed by atoms with Crippen LogP contribution < -0.4 is 5.32 Å². The summed E-state index contributed by atoms with van der Waals surface area (Å²) >= 11 is 0. The van der Waals surface area contributed by atoms with Crippen LogP contribution in [0.3, 0.4) is 0 Å². The highest BCUT2D eigenvalue weighted by Gasteiger charge is 2.56. The first-order chi connectivity index (χ1) is 13.8. The van der Waals surface area contributed by atoms with Crippen LogP contribution in [0.1, 0.15) is 77.6 Å². The maximum atomic E-state index is 12.9. The van der Waals surface area contributed by atoms with Crippen molar-refractivity contribution in [1.82, 2.24) is 15.1 Å². The van der Waals surface area contributed by atoms with Gasteiger partial charge >= 0.3 is 12.0 Å². The highest BCUT2D eigenvalue weighted by molar-refractivity contribution is 6.08. The molecule has 29 heavy (non-hydrogen) atoms. The molecule has 0 aromatic carbocycles. The molecule has 3 rings (SSSR count). The summed E-state index contributed by atoms with van der Waals surface area (Å²) in [5.41, 5.74) is -0.821. The number of ether oxygens (including phenoxy) is 1. The quantitative estimate of drug-likeness (QED) is 0.429. The zero-order valence-electron chi connectivity index (χ0n) is 17.6. The van der Waals surface area contributed by atoms with Gasteiger partial charge in [0.25, 0.3) is 11.8 Å². The number of hydrogen-bond donors (Lipinski definition) is 1.